The number of carbonyl (C=O) groups is 1. The molecule has 3 nitrogen and oxygen atoms in total. The third-order valence-corrected chi connectivity index (χ3v) is 10.1. The first-order valence-electron chi connectivity index (χ1n) is 12.4. The van der Waals surface area contributed by atoms with Gasteiger partial charge < -0.3 is 9.47 Å². The Bertz CT molecular complexity index is 589. The van der Waals surface area contributed by atoms with E-state index in [4.69, 9.17) is 9.47 Å². The van der Waals surface area contributed by atoms with Crippen LogP contribution in [0.25, 0.3) is 0 Å². The molecule has 0 heterocycles. The fourth-order valence-electron chi connectivity index (χ4n) is 9.67. The maximum Gasteiger partial charge on any atom is 0.335 e. The molecule has 8 saturated carbocycles. The summed E-state index contributed by atoms with van der Waals surface area (Å²) in [6, 6.07) is 0. The molecule has 1 atom stereocenters. The highest BCUT2D eigenvalue weighted by atomic mass is 16.6. The Kier molecular flexibility index (Phi) is 4.05. The van der Waals surface area contributed by atoms with Crippen LogP contribution in [0.2, 0.25) is 0 Å². The molecular weight excluding hydrogens is 348 g/mol. The molecule has 0 aliphatic heterocycles. The summed E-state index contributed by atoms with van der Waals surface area (Å²) in [6.45, 7) is 4.22. The summed E-state index contributed by atoms with van der Waals surface area (Å²) in [5.74, 6) is 5.49. The summed E-state index contributed by atoms with van der Waals surface area (Å²) in [5.41, 5.74) is -0.208. The second-order valence-corrected chi connectivity index (χ2v) is 11.9. The fourth-order valence-corrected chi connectivity index (χ4v) is 9.67. The van der Waals surface area contributed by atoms with E-state index in [0.717, 1.165) is 36.0 Å². The maximum absolute atomic E-state index is 13.3. The molecular formula is C25H38O3. The van der Waals surface area contributed by atoms with Crippen LogP contribution < -0.4 is 0 Å². The van der Waals surface area contributed by atoms with Gasteiger partial charge in [0.05, 0.1) is 5.60 Å². The molecule has 8 fully saturated rings. The van der Waals surface area contributed by atoms with Crippen LogP contribution in [0.1, 0.15) is 90.9 Å². The van der Waals surface area contributed by atoms with Crippen molar-refractivity contribution in [1.82, 2.24) is 0 Å². The van der Waals surface area contributed by atoms with Crippen molar-refractivity contribution in [2.24, 2.45) is 41.4 Å². The first kappa shape index (κ1) is 18.2. The van der Waals surface area contributed by atoms with E-state index >= 15 is 0 Å². The number of hydrogen-bond donors (Lipinski definition) is 0. The van der Waals surface area contributed by atoms with E-state index in [9.17, 15) is 4.79 Å². The van der Waals surface area contributed by atoms with Gasteiger partial charge >= 0.3 is 5.97 Å². The van der Waals surface area contributed by atoms with E-state index in [1.807, 2.05) is 6.92 Å². The van der Waals surface area contributed by atoms with Crippen molar-refractivity contribution < 1.29 is 14.3 Å². The zero-order valence-corrected chi connectivity index (χ0v) is 17.8. The average Bonchev–Trinajstić information content (AvgIpc) is 2.62. The molecule has 3 heteroatoms. The van der Waals surface area contributed by atoms with Crippen molar-refractivity contribution >= 4 is 5.97 Å². The third kappa shape index (κ3) is 2.67. The van der Waals surface area contributed by atoms with Crippen LogP contribution in [0, 0.1) is 41.4 Å². The normalized spacial score (nSPS) is 54.1. The van der Waals surface area contributed by atoms with Crippen LogP contribution in [0.4, 0.5) is 0 Å². The Hall–Kier alpha value is -0.570. The molecule has 0 aromatic rings. The molecule has 8 rings (SSSR count). The highest BCUT2D eigenvalue weighted by molar-refractivity contribution is 5.75. The minimum Gasteiger partial charge on any atom is -0.457 e. The third-order valence-electron chi connectivity index (χ3n) is 10.1. The highest BCUT2D eigenvalue weighted by Gasteiger charge is 2.59. The van der Waals surface area contributed by atoms with Crippen LogP contribution in [0.15, 0.2) is 0 Å². The fraction of sp³-hybridized carbons (Fsp3) is 0.960. The van der Waals surface area contributed by atoms with Gasteiger partial charge in [-0.25, -0.2) is 4.79 Å². The number of ether oxygens (including phenoxy) is 2. The van der Waals surface area contributed by atoms with Crippen molar-refractivity contribution in [3.05, 3.63) is 0 Å². The maximum atomic E-state index is 13.3. The largest absolute Gasteiger partial charge is 0.457 e. The van der Waals surface area contributed by atoms with Gasteiger partial charge in [-0.05, 0) is 125 Å². The minimum atomic E-state index is -0.406. The molecule has 1 unspecified atom stereocenters. The van der Waals surface area contributed by atoms with Crippen molar-refractivity contribution in [1.29, 1.82) is 0 Å². The molecule has 0 aromatic carbocycles. The summed E-state index contributed by atoms with van der Waals surface area (Å²) in [7, 11) is 0. The molecule has 0 saturated heterocycles. The number of rotatable bonds is 5. The molecule has 0 amide bonds. The van der Waals surface area contributed by atoms with Gasteiger partial charge in [-0.1, -0.05) is 6.92 Å². The minimum absolute atomic E-state index is 0.0172. The number of hydrogen-bond acceptors (Lipinski definition) is 3. The van der Waals surface area contributed by atoms with E-state index in [1.54, 1.807) is 0 Å². The smallest absolute Gasteiger partial charge is 0.335 e. The van der Waals surface area contributed by atoms with Crippen LogP contribution >= 0.6 is 0 Å². The first-order valence-corrected chi connectivity index (χ1v) is 12.4. The lowest BCUT2D eigenvalue weighted by Gasteiger charge is -2.60. The summed E-state index contributed by atoms with van der Waals surface area (Å²) in [6.07, 6.45) is 15.0. The van der Waals surface area contributed by atoms with Gasteiger partial charge in [-0.3, -0.25) is 0 Å². The van der Waals surface area contributed by atoms with E-state index < -0.39 is 6.10 Å². The zero-order chi connectivity index (χ0) is 19.1. The van der Waals surface area contributed by atoms with Crippen molar-refractivity contribution in [2.75, 3.05) is 0 Å². The summed E-state index contributed by atoms with van der Waals surface area (Å²) < 4.78 is 13.1. The predicted octanol–water partition coefficient (Wildman–Crippen LogP) is 5.51. The summed E-state index contributed by atoms with van der Waals surface area (Å²) in [4.78, 5) is 13.3. The Balaban J connectivity index is 1.17. The molecule has 8 aliphatic carbocycles. The van der Waals surface area contributed by atoms with Gasteiger partial charge in [-0.15, -0.1) is 0 Å². The molecule has 28 heavy (non-hydrogen) atoms. The van der Waals surface area contributed by atoms with Crippen LogP contribution in [0.3, 0.4) is 0 Å². The SMILES string of the molecule is CCC1(OC(=O)C(C)OC23CC4CC(CC(C4)C2)C3)C2CC3CC(C2)CC1C3. The molecule has 0 spiro atoms. The molecule has 0 aromatic heterocycles. The van der Waals surface area contributed by atoms with Gasteiger partial charge in [0.1, 0.15) is 5.60 Å². The van der Waals surface area contributed by atoms with Gasteiger partial charge in [0.25, 0.3) is 0 Å². The molecule has 8 bridgehead atoms. The van der Waals surface area contributed by atoms with Gasteiger partial charge in [0.15, 0.2) is 6.10 Å². The lowest BCUT2D eigenvalue weighted by molar-refractivity contribution is -0.233. The second kappa shape index (κ2) is 6.22. The molecule has 0 N–H and O–H groups in total. The first-order chi connectivity index (χ1) is 13.5. The van der Waals surface area contributed by atoms with E-state index in [2.05, 4.69) is 6.92 Å². The Morgan fingerprint density at radius 2 is 1.29 bits per heavy atom. The standard InChI is InChI=1S/C25H38O3/c1-3-25(21-8-16-4-17(10-21)11-22(25)9-16)28-23(26)15(2)27-24-12-18-5-19(13-24)7-20(6-18)14-24/h15-22H,3-14H2,1-2H3. The van der Waals surface area contributed by atoms with Crippen LogP contribution in [-0.2, 0) is 14.3 Å². The second-order valence-electron chi connectivity index (χ2n) is 11.9. The van der Waals surface area contributed by atoms with Crippen LogP contribution in [-0.4, -0.2) is 23.3 Å². The number of esters is 1. The quantitative estimate of drug-likeness (QED) is 0.585. The van der Waals surface area contributed by atoms with Crippen molar-refractivity contribution in [3.63, 3.8) is 0 Å². The molecule has 156 valence electrons. The topological polar surface area (TPSA) is 35.5 Å². The summed E-state index contributed by atoms with van der Waals surface area (Å²) >= 11 is 0. The Morgan fingerprint density at radius 1 is 0.821 bits per heavy atom. The average molecular weight is 387 g/mol. The van der Waals surface area contributed by atoms with Gasteiger partial charge in [0, 0.05) is 0 Å². The van der Waals surface area contributed by atoms with Crippen molar-refractivity contribution in [3.8, 4) is 0 Å². The number of carbonyl (C=O) groups excluding carboxylic acids is 1. The molecule has 8 aliphatic rings. The lowest BCUT2D eigenvalue weighted by Crippen LogP contribution is -2.60. The highest BCUT2D eigenvalue weighted by Crippen LogP contribution is 2.61. The summed E-state index contributed by atoms with van der Waals surface area (Å²) in [5, 5.41) is 0. The van der Waals surface area contributed by atoms with Crippen LogP contribution in [0.5, 0.6) is 0 Å². The van der Waals surface area contributed by atoms with E-state index in [1.165, 1.54) is 70.6 Å². The predicted molar refractivity (Wildman–Crippen MR) is 108 cm³/mol. The van der Waals surface area contributed by atoms with E-state index in [-0.39, 0.29) is 17.2 Å². The lowest BCUT2D eigenvalue weighted by atomic mass is 9.49. The van der Waals surface area contributed by atoms with Crippen molar-refractivity contribution in [2.45, 2.75) is 108 Å². The Morgan fingerprint density at radius 3 is 1.75 bits per heavy atom. The van der Waals surface area contributed by atoms with Gasteiger partial charge in [0.2, 0.25) is 0 Å². The Labute approximate surface area is 170 Å². The van der Waals surface area contributed by atoms with Gasteiger partial charge in [-0.2, -0.15) is 0 Å². The monoisotopic (exact) mass is 386 g/mol. The molecule has 0 radical (unpaired) electrons. The zero-order valence-electron chi connectivity index (χ0n) is 17.8. The van der Waals surface area contributed by atoms with E-state index in [0.29, 0.717) is 11.8 Å².